The zero-order valence-electron chi connectivity index (χ0n) is 11.8. The van der Waals surface area contributed by atoms with Gasteiger partial charge in [0, 0.05) is 14.9 Å². The van der Waals surface area contributed by atoms with Crippen molar-refractivity contribution in [1.82, 2.24) is 0 Å². The molecule has 2 rings (SSSR count). The molecule has 0 fully saturated rings. The fraction of sp³-hybridized carbons (Fsp3) is 0.333. The van der Waals surface area contributed by atoms with E-state index in [1.165, 1.54) is 0 Å². The lowest BCUT2D eigenvalue weighted by atomic mass is 9.98. The Morgan fingerprint density at radius 1 is 1.15 bits per heavy atom. The molecule has 1 heterocycles. The average Bonchev–Trinajstić information content (AvgIpc) is 2.73. The Hall–Kier alpha value is -0.360. The molecule has 1 aromatic heterocycles. The number of hydrogen-bond acceptors (Lipinski definition) is 3. The van der Waals surface area contributed by atoms with Crippen molar-refractivity contribution in [3.8, 4) is 5.75 Å². The first-order chi connectivity index (χ1) is 9.36. The van der Waals surface area contributed by atoms with Crippen molar-refractivity contribution in [3.63, 3.8) is 0 Å². The number of methoxy groups -OCH3 is 1. The minimum atomic E-state index is -0.684. The maximum absolute atomic E-state index is 10.8. The number of rotatable bonds is 3. The van der Waals surface area contributed by atoms with Crippen LogP contribution in [-0.2, 0) is 0 Å². The third-order valence-corrected chi connectivity index (χ3v) is 6.34. The molecule has 0 aliphatic carbocycles. The molecule has 108 valence electrons. The number of aryl methyl sites for hydroxylation is 2. The highest BCUT2D eigenvalue weighted by atomic mass is 79.9. The number of aliphatic hydroxyl groups is 1. The van der Waals surface area contributed by atoms with Gasteiger partial charge in [-0.05, 0) is 65.5 Å². The van der Waals surface area contributed by atoms with E-state index in [0.29, 0.717) is 0 Å². The summed E-state index contributed by atoms with van der Waals surface area (Å²) in [6, 6.07) is 4.02. The molecule has 2 nitrogen and oxygen atoms in total. The maximum Gasteiger partial charge on any atom is 0.128 e. The Labute approximate surface area is 140 Å². The van der Waals surface area contributed by atoms with Gasteiger partial charge >= 0.3 is 0 Å². The Kier molecular flexibility index (Phi) is 4.95. The van der Waals surface area contributed by atoms with E-state index in [9.17, 15) is 5.11 Å². The molecule has 20 heavy (non-hydrogen) atoms. The van der Waals surface area contributed by atoms with Crippen LogP contribution in [0.1, 0.15) is 33.2 Å². The van der Waals surface area contributed by atoms with Gasteiger partial charge in [0.2, 0.25) is 0 Å². The average molecular weight is 420 g/mol. The molecule has 0 amide bonds. The van der Waals surface area contributed by atoms with Crippen LogP contribution in [0.5, 0.6) is 5.75 Å². The van der Waals surface area contributed by atoms with E-state index in [2.05, 4.69) is 31.9 Å². The summed E-state index contributed by atoms with van der Waals surface area (Å²) in [4.78, 5) is 0.910. The third kappa shape index (κ3) is 2.82. The largest absolute Gasteiger partial charge is 0.496 e. The zero-order valence-corrected chi connectivity index (χ0v) is 15.7. The predicted molar refractivity (Wildman–Crippen MR) is 91.0 cm³/mol. The van der Waals surface area contributed by atoms with E-state index in [4.69, 9.17) is 4.74 Å². The summed E-state index contributed by atoms with van der Waals surface area (Å²) < 4.78 is 7.54. The highest BCUT2D eigenvalue weighted by Gasteiger charge is 2.23. The summed E-state index contributed by atoms with van der Waals surface area (Å²) in [5.41, 5.74) is 3.97. The van der Waals surface area contributed by atoms with Crippen LogP contribution < -0.4 is 4.74 Å². The summed E-state index contributed by atoms with van der Waals surface area (Å²) in [5.74, 6) is 0.750. The fourth-order valence-electron chi connectivity index (χ4n) is 2.24. The molecule has 0 spiro atoms. The quantitative estimate of drug-likeness (QED) is 0.732. The van der Waals surface area contributed by atoms with E-state index in [1.54, 1.807) is 18.4 Å². The minimum absolute atomic E-state index is 0.684. The van der Waals surface area contributed by atoms with Gasteiger partial charge < -0.3 is 9.84 Å². The summed E-state index contributed by atoms with van der Waals surface area (Å²) >= 11 is 8.61. The smallest absolute Gasteiger partial charge is 0.128 e. The fourth-order valence-corrected chi connectivity index (χ4v) is 4.36. The SMILES string of the molecule is COc1c(C)cc(Br)c(C)c1C(O)c1cc(C)c(Br)s1. The van der Waals surface area contributed by atoms with Crippen LogP contribution in [0, 0.1) is 20.8 Å². The van der Waals surface area contributed by atoms with E-state index < -0.39 is 6.10 Å². The van der Waals surface area contributed by atoms with Crippen LogP contribution in [0.2, 0.25) is 0 Å². The van der Waals surface area contributed by atoms with Crippen molar-refractivity contribution in [2.75, 3.05) is 7.11 Å². The zero-order chi connectivity index (χ0) is 15.0. The molecule has 0 aliphatic heterocycles. The predicted octanol–water partition coefficient (Wildman–Crippen LogP) is 5.29. The van der Waals surface area contributed by atoms with Gasteiger partial charge in [-0.1, -0.05) is 15.9 Å². The van der Waals surface area contributed by atoms with Crippen molar-refractivity contribution >= 4 is 43.2 Å². The van der Waals surface area contributed by atoms with Gasteiger partial charge in [-0.25, -0.2) is 0 Å². The second-order valence-electron chi connectivity index (χ2n) is 4.76. The Morgan fingerprint density at radius 3 is 2.30 bits per heavy atom. The Balaban J connectivity index is 2.61. The second-order valence-corrected chi connectivity index (χ2v) is 8.01. The molecule has 0 saturated carbocycles. The number of benzene rings is 1. The molecule has 1 aromatic carbocycles. The number of halogens is 2. The molecule has 1 unspecified atom stereocenters. The summed E-state index contributed by atoms with van der Waals surface area (Å²) in [6.45, 7) is 5.99. The van der Waals surface area contributed by atoms with E-state index in [0.717, 1.165) is 41.1 Å². The van der Waals surface area contributed by atoms with Gasteiger partial charge in [-0.15, -0.1) is 11.3 Å². The van der Waals surface area contributed by atoms with Crippen LogP contribution in [-0.4, -0.2) is 12.2 Å². The van der Waals surface area contributed by atoms with Gasteiger partial charge in [0.15, 0.2) is 0 Å². The Bertz CT molecular complexity index is 630. The molecule has 5 heteroatoms. The van der Waals surface area contributed by atoms with Crippen molar-refractivity contribution in [1.29, 1.82) is 0 Å². The van der Waals surface area contributed by atoms with Crippen molar-refractivity contribution in [2.45, 2.75) is 26.9 Å². The number of thiophene rings is 1. The minimum Gasteiger partial charge on any atom is -0.496 e. The lowest BCUT2D eigenvalue weighted by Gasteiger charge is -2.19. The molecule has 1 atom stereocenters. The number of hydrogen-bond donors (Lipinski definition) is 1. The lowest BCUT2D eigenvalue weighted by molar-refractivity contribution is 0.217. The maximum atomic E-state index is 10.8. The van der Waals surface area contributed by atoms with Crippen molar-refractivity contribution in [2.24, 2.45) is 0 Å². The molecule has 0 radical (unpaired) electrons. The molecule has 0 bridgehead atoms. The van der Waals surface area contributed by atoms with Gasteiger partial charge in [-0.2, -0.15) is 0 Å². The van der Waals surface area contributed by atoms with E-state index >= 15 is 0 Å². The highest BCUT2D eigenvalue weighted by Crippen LogP contribution is 2.42. The van der Waals surface area contributed by atoms with E-state index in [1.807, 2.05) is 32.9 Å². The lowest BCUT2D eigenvalue weighted by Crippen LogP contribution is -2.05. The molecule has 0 aliphatic rings. The normalized spacial score (nSPS) is 12.6. The first-order valence-corrected chi connectivity index (χ1v) is 8.54. The topological polar surface area (TPSA) is 29.5 Å². The van der Waals surface area contributed by atoms with Gasteiger partial charge in [-0.3, -0.25) is 0 Å². The highest BCUT2D eigenvalue weighted by molar-refractivity contribution is 9.11. The summed E-state index contributed by atoms with van der Waals surface area (Å²) in [7, 11) is 1.64. The van der Waals surface area contributed by atoms with Crippen molar-refractivity contribution in [3.05, 3.63) is 47.5 Å². The van der Waals surface area contributed by atoms with Gasteiger partial charge in [0.1, 0.15) is 11.9 Å². The number of ether oxygens (including phenoxy) is 1. The standard InChI is InChI=1S/C15H16Br2O2S/c1-7-5-10(16)9(3)12(14(7)19-4)13(18)11-6-8(2)15(17)20-11/h5-6,13,18H,1-4H3. The van der Waals surface area contributed by atoms with Gasteiger partial charge in [0.25, 0.3) is 0 Å². The van der Waals surface area contributed by atoms with Crippen LogP contribution in [0.3, 0.4) is 0 Å². The van der Waals surface area contributed by atoms with E-state index in [-0.39, 0.29) is 0 Å². The summed E-state index contributed by atoms with van der Waals surface area (Å²) in [6.07, 6.45) is -0.684. The monoisotopic (exact) mass is 418 g/mol. The second kappa shape index (κ2) is 6.18. The van der Waals surface area contributed by atoms with Crippen LogP contribution in [0.4, 0.5) is 0 Å². The van der Waals surface area contributed by atoms with Crippen molar-refractivity contribution < 1.29 is 9.84 Å². The van der Waals surface area contributed by atoms with Gasteiger partial charge in [0.05, 0.1) is 10.9 Å². The molecule has 2 aromatic rings. The van der Waals surface area contributed by atoms with Crippen LogP contribution in [0.25, 0.3) is 0 Å². The number of aliphatic hydroxyl groups excluding tert-OH is 1. The van der Waals surface area contributed by atoms with Crippen LogP contribution in [0.15, 0.2) is 20.4 Å². The third-order valence-electron chi connectivity index (χ3n) is 3.33. The molecule has 0 saturated heterocycles. The molecular weight excluding hydrogens is 404 g/mol. The first kappa shape index (κ1) is 16.0. The molecule has 1 N–H and O–H groups in total. The Morgan fingerprint density at radius 2 is 1.80 bits per heavy atom. The summed E-state index contributed by atoms with van der Waals surface area (Å²) in [5, 5.41) is 10.8. The molecular formula is C15H16Br2O2S. The van der Waals surface area contributed by atoms with Crippen LogP contribution >= 0.6 is 43.2 Å². The first-order valence-electron chi connectivity index (χ1n) is 6.14.